The third kappa shape index (κ3) is 3.69. The number of nitrogens with zero attached hydrogens (tertiary/aromatic N) is 3. The number of hydrogen-bond donors (Lipinski definition) is 0. The first-order valence-corrected chi connectivity index (χ1v) is 11.2. The molecule has 0 aromatic heterocycles. The van der Waals surface area contributed by atoms with Crippen LogP contribution >= 0.6 is 79.2 Å². The largest absolute Gasteiger partial charge is 0.320 e. The fourth-order valence-corrected chi connectivity index (χ4v) is 12.0. The molecule has 1 aliphatic heterocycles. The Balaban J connectivity index is 2.90. The van der Waals surface area contributed by atoms with Gasteiger partial charge in [-0.3, -0.25) is 0 Å². The number of rotatable bonds is 3. The highest BCUT2D eigenvalue weighted by molar-refractivity contribution is 8.06. The van der Waals surface area contributed by atoms with Gasteiger partial charge in [0.25, 0.3) is 6.78 Å². The average molecular weight is 371 g/mol. The molecule has 0 aromatic rings. The van der Waals surface area contributed by atoms with Crippen LogP contribution in [0.25, 0.3) is 0 Å². The van der Waals surface area contributed by atoms with E-state index in [4.69, 9.17) is 61.8 Å². The second kappa shape index (κ2) is 6.55. The van der Waals surface area contributed by atoms with E-state index in [1.54, 1.807) is 0 Å². The Morgan fingerprint density at radius 1 is 1.40 bits per heavy atom. The van der Waals surface area contributed by atoms with E-state index in [1.807, 2.05) is 6.92 Å². The Morgan fingerprint density at radius 2 is 2.00 bits per heavy atom. The summed E-state index contributed by atoms with van der Waals surface area (Å²) < 4.78 is 11.8. The maximum atomic E-state index is 6.15. The van der Waals surface area contributed by atoms with Gasteiger partial charge in [-0.15, -0.1) is 3.96 Å². The molecule has 0 radical (unpaired) electrons. The molecule has 0 fully saturated rings. The summed E-state index contributed by atoms with van der Waals surface area (Å²) in [4.78, 5) is 0. The van der Waals surface area contributed by atoms with Gasteiger partial charge in [0.05, 0.1) is 6.61 Å². The molecule has 0 bridgehead atoms. The molecular formula is C3H7Cl5N3OP3. The molecule has 0 aromatic carbocycles. The van der Waals surface area contributed by atoms with Gasteiger partial charge in [-0.25, -0.2) is 0 Å². The fourth-order valence-electron chi connectivity index (χ4n) is 0.651. The van der Waals surface area contributed by atoms with Crippen LogP contribution < -0.4 is 0 Å². The predicted octanol–water partition coefficient (Wildman–Crippen LogP) is 6.45. The van der Waals surface area contributed by atoms with E-state index in [9.17, 15) is 0 Å². The van der Waals surface area contributed by atoms with E-state index < -0.39 is 21.9 Å². The van der Waals surface area contributed by atoms with Crippen molar-refractivity contribution in [2.45, 2.75) is 13.3 Å². The minimum absolute atomic E-state index is 0.451. The van der Waals surface area contributed by atoms with Gasteiger partial charge in [-0.1, -0.05) is 22.1 Å². The van der Waals surface area contributed by atoms with Crippen molar-refractivity contribution in [2.24, 2.45) is 4.52 Å². The van der Waals surface area contributed by atoms with Crippen molar-refractivity contribution in [1.29, 1.82) is 0 Å². The van der Waals surface area contributed by atoms with Crippen LogP contribution in [0.1, 0.15) is 13.3 Å². The van der Waals surface area contributed by atoms with Crippen LogP contribution in [-0.4, -0.2) is 14.5 Å². The topological polar surface area (TPSA) is 28.1 Å². The molecular weight excluding hydrogens is 364 g/mol. The van der Waals surface area contributed by atoms with E-state index >= 15 is 0 Å². The standard InChI is InChI=1S/C3H7Cl5N3OP3/c1-2-3-12-15(8)9-13(6)10(4)14(7)11(15)5/h2-3H2,1H3. The van der Waals surface area contributed by atoms with Gasteiger partial charge < -0.3 is 4.52 Å². The summed E-state index contributed by atoms with van der Waals surface area (Å²) in [6.07, 6.45) is 0.805. The minimum atomic E-state index is -2.76. The molecule has 1 rings (SSSR count). The Labute approximate surface area is 116 Å². The molecule has 4 nitrogen and oxygen atoms in total. The van der Waals surface area contributed by atoms with E-state index in [0.717, 1.165) is 10.4 Å². The highest BCUT2D eigenvalue weighted by Gasteiger charge is 2.43. The van der Waals surface area contributed by atoms with Crippen molar-refractivity contribution < 1.29 is 4.52 Å². The summed E-state index contributed by atoms with van der Waals surface area (Å²) in [5, 5.41) is 0. The van der Waals surface area contributed by atoms with E-state index in [2.05, 4.69) is 4.52 Å². The zero-order valence-electron chi connectivity index (χ0n) is 7.40. The quantitative estimate of drug-likeness (QED) is 0.421. The molecule has 15 heavy (non-hydrogen) atoms. The Morgan fingerprint density at radius 3 is 2.53 bits per heavy atom. The summed E-state index contributed by atoms with van der Waals surface area (Å²) in [6, 6.07) is 0. The van der Waals surface area contributed by atoms with Crippen LogP contribution in [-0.2, 0) is 4.52 Å². The fraction of sp³-hybridized carbons (Fsp3) is 1.00. The van der Waals surface area contributed by atoms with E-state index in [0.29, 0.717) is 6.61 Å². The summed E-state index contributed by atoms with van der Waals surface area (Å²) >= 11 is 29.7. The summed E-state index contributed by atoms with van der Waals surface area (Å²) in [6.45, 7) is -0.355. The molecule has 0 amide bonds. The zero-order valence-corrected chi connectivity index (χ0v) is 13.9. The normalized spacial score (nSPS) is 39.1. The Bertz CT molecular complexity index is 281. The molecule has 0 N–H and O–H groups in total. The lowest BCUT2D eigenvalue weighted by molar-refractivity contribution is 0.345. The van der Waals surface area contributed by atoms with Crippen molar-refractivity contribution in [3.05, 3.63) is 0 Å². The number of hydrogen-bond acceptors (Lipinski definition) is 4. The lowest BCUT2D eigenvalue weighted by atomic mass is 10.5. The third-order valence-corrected chi connectivity index (χ3v) is 14.1. The van der Waals surface area contributed by atoms with Gasteiger partial charge in [0, 0.05) is 0 Å². The van der Waals surface area contributed by atoms with Crippen LogP contribution in [0.3, 0.4) is 0 Å². The lowest BCUT2D eigenvalue weighted by Gasteiger charge is -2.36. The smallest absolute Gasteiger partial charge is 0.271 e. The zero-order chi connectivity index (χ0) is 11.6. The molecule has 3 atom stereocenters. The Kier molecular flexibility index (Phi) is 6.76. The minimum Gasteiger partial charge on any atom is -0.320 e. The first-order chi connectivity index (χ1) is 6.92. The van der Waals surface area contributed by atoms with Gasteiger partial charge in [0.15, 0.2) is 7.58 Å². The lowest BCUT2D eigenvalue weighted by Crippen LogP contribution is -2.10. The van der Waals surface area contributed by atoms with Crippen molar-refractivity contribution in [2.75, 3.05) is 6.61 Å². The van der Waals surface area contributed by atoms with Crippen molar-refractivity contribution >= 4 is 79.2 Å². The highest BCUT2D eigenvalue weighted by Crippen LogP contribution is 2.84. The molecule has 1 aliphatic rings. The second-order valence-corrected chi connectivity index (χ2v) is 12.2. The van der Waals surface area contributed by atoms with Gasteiger partial charge >= 0.3 is 0 Å². The highest BCUT2D eigenvalue weighted by atomic mass is 35.7. The predicted molar refractivity (Wildman–Crippen MR) is 72.4 cm³/mol. The molecule has 0 spiro atoms. The summed E-state index contributed by atoms with van der Waals surface area (Å²) in [7, 11) is -2.96. The molecule has 0 saturated heterocycles. The first kappa shape index (κ1) is 15.5. The summed E-state index contributed by atoms with van der Waals surface area (Å²) in [5.74, 6) is 0. The SMILES string of the molecule is CCCOP1(Cl)=NP(Cl)N(Cl)P(Cl)N1Cl. The molecule has 90 valence electrons. The van der Waals surface area contributed by atoms with E-state index in [-0.39, 0.29) is 0 Å². The van der Waals surface area contributed by atoms with Crippen molar-refractivity contribution in [3.8, 4) is 0 Å². The second-order valence-electron chi connectivity index (χ2n) is 2.36. The van der Waals surface area contributed by atoms with Gasteiger partial charge in [0.1, 0.15) is 0 Å². The molecule has 0 saturated carbocycles. The van der Waals surface area contributed by atoms with Crippen LogP contribution in [0.2, 0.25) is 0 Å². The third-order valence-electron chi connectivity index (χ3n) is 1.26. The monoisotopic (exact) mass is 369 g/mol. The van der Waals surface area contributed by atoms with Crippen LogP contribution in [0.5, 0.6) is 0 Å². The van der Waals surface area contributed by atoms with Crippen LogP contribution in [0, 0.1) is 0 Å². The van der Waals surface area contributed by atoms with Crippen molar-refractivity contribution in [3.63, 3.8) is 0 Å². The molecule has 0 aliphatic carbocycles. The maximum Gasteiger partial charge on any atom is 0.271 e. The van der Waals surface area contributed by atoms with Crippen LogP contribution in [0.15, 0.2) is 4.52 Å². The maximum absolute atomic E-state index is 6.15. The molecule has 3 unspecified atom stereocenters. The van der Waals surface area contributed by atoms with Gasteiger partial charge in [0.2, 0.25) is 7.58 Å². The van der Waals surface area contributed by atoms with Gasteiger partial charge in [-0.2, -0.15) is 4.52 Å². The average Bonchev–Trinajstić information content (AvgIpc) is 2.21. The van der Waals surface area contributed by atoms with Crippen LogP contribution in [0.4, 0.5) is 0 Å². The number of halogens is 5. The van der Waals surface area contributed by atoms with Gasteiger partial charge in [-0.05, 0) is 52.5 Å². The molecule has 12 heteroatoms. The first-order valence-electron chi connectivity index (χ1n) is 3.72. The summed E-state index contributed by atoms with van der Waals surface area (Å²) in [5.41, 5.74) is 0. The van der Waals surface area contributed by atoms with E-state index in [1.165, 1.54) is 3.96 Å². The Hall–Kier alpha value is 2.42. The molecule has 1 heterocycles. The van der Waals surface area contributed by atoms with Crippen molar-refractivity contribution in [1.82, 2.24) is 7.92 Å².